The van der Waals surface area contributed by atoms with Gasteiger partial charge in [0.05, 0.1) is 0 Å². The average molecular weight is 254 g/mol. The van der Waals surface area contributed by atoms with Crippen LogP contribution in [0.2, 0.25) is 0 Å². The Hall–Kier alpha value is -1.82. The van der Waals surface area contributed by atoms with E-state index in [1.54, 1.807) is 0 Å². The van der Waals surface area contributed by atoms with Crippen LogP contribution >= 0.6 is 0 Å². The van der Waals surface area contributed by atoms with Crippen molar-refractivity contribution in [2.75, 3.05) is 26.2 Å². The van der Waals surface area contributed by atoms with Crippen LogP contribution in [0.3, 0.4) is 0 Å². The zero-order chi connectivity index (χ0) is 13.1. The number of phenols is 1. The van der Waals surface area contributed by atoms with Crippen molar-refractivity contribution in [3.05, 3.63) is 29.6 Å². The number of carbonyl (C=O) groups is 1. The Labute approximate surface area is 104 Å². The lowest BCUT2D eigenvalue weighted by molar-refractivity contribution is 0.102. The highest BCUT2D eigenvalue weighted by atomic mass is 19.1. The summed E-state index contributed by atoms with van der Waals surface area (Å²) in [5.74, 6) is -0.316. The number of rotatable bonds is 2. The molecular weight excluding hydrogens is 239 g/mol. The summed E-state index contributed by atoms with van der Waals surface area (Å²) in [4.78, 5) is 14.1. The van der Waals surface area contributed by atoms with E-state index in [9.17, 15) is 14.3 Å². The maximum absolute atomic E-state index is 13.1. The third-order valence-electron chi connectivity index (χ3n) is 3.08. The van der Waals surface area contributed by atoms with E-state index in [1.807, 2.05) is 4.90 Å². The number of amides is 1. The van der Waals surface area contributed by atoms with Crippen molar-refractivity contribution in [3.8, 4) is 5.75 Å². The van der Waals surface area contributed by atoms with Crippen LogP contribution in [0.1, 0.15) is 5.56 Å². The van der Waals surface area contributed by atoms with Crippen LogP contribution in [0.25, 0.3) is 0 Å². The van der Waals surface area contributed by atoms with E-state index < -0.39 is 6.09 Å². The second-order valence-corrected chi connectivity index (χ2v) is 4.32. The Morgan fingerprint density at radius 2 is 1.94 bits per heavy atom. The van der Waals surface area contributed by atoms with E-state index in [0.717, 1.165) is 0 Å². The van der Waals surface area contributed by atoms with Crippen LogP contribution in [0, 0.1) is 5.82 Å². The molecule has 0 radical (unpaired) electrons. The summed E-state index contributed by atoms with van der Waals surface area (Å²) in [6, 6.07) is 3.85. The first-order valence-corrected chi connectivity index (χ1v) is 5.74. The molecule has 0 aromatic heterocycles. The number of benzene rings is 1. The molecule has 98 valence electrons. The Morgan fingerprint density at radius 3 is 2.56 bits per heavy atom. The quantitative estimate of drug-likeness (QED) is 0.835. The van der Waals surface area contributed by atoms with Crippen LogP contribution < -0.4 is 0 Å². The standard InChI is InChI=1S/C12H15FN2O3/c13-10-1-2-11(16)9(7-10)8-14-3-5-15(6-4-14)12(17)18/h1-2,7,16H,3-6,8H2,(H,17,18). The van der Waals surface area contributed by atoms with Crippen molar-refractivity contribution in [1.29, 1.82) is 0 Å². The van der Waals surface area contributed by atoms with Crippen molar-refractivity contribution < 1.29 is 19.4 Å². The lowest BCUT2D eigenvalue weighted by Crippen LogP contribution is -2.47. The molecule has 18 heavy (non-hydrogen) atoms. The summed E-state index contributed by atoms with van der Waals surface area (Å²) < 4.78 is 13.1. The predicted molar refractivity (Wildman–Crippen MR) is 62.9 cm³/mol. The lowest BCUT2D eigenvalue weighted by atomic mass is 10.1. The predicted octanol–water partition coefficient (Wildman–Crippen LogP) is 1.33. The number of halogens is 1. The fraction of sp³-hybridized carbons (Fsp3) is 0.417. The van der Waals surface area contributed by atoms with Gasteiger partial charge in [-0.3, -0.25) is 4.90 Å². The average Bonchev–Trinajstić information content (AvgIpc) is 2.34. The van der Waals surface area contributed by atoms with Gasteiger partial charge in [0.1, 0.15) is 11.6 Å². The van der Waals surface area contributed by atoms with Gasteiger partial charge < -0.3 is 15.1 Å². The van der Waals surface area contributed by atoms with Crippen LogP contribution in [0.5, 0.6) is 5.75 Å². The highest BCUT2D eigenvalue weighted by Crippen LogP contribution is 2.20. The van der Waals surface area contributed by atoms with E-state index in [4.69, 9.17) is 5.11 Å². The third kappa shape index (κ3) is 2.89. The topological polar surface area (TPSA) is 64.0 Å². The van der Waals surface area contributed by atoms with Gasteiger partial charge in [-0.15, -0.1) is 0 Å². The summed E-state index contributed by atoms with van der Waals surface area (Å²) in [5, 5.41) is 18.4. The molecule has 0 spiro atoms. The van der Waals surface area contributed by atoms with E-state index in [-0.39, 0.29) is 11.6 Å². The highest BCUT2D eigenvalue weighted by Gasteiger charge is 2.20. The highest BCUT2D eigenvalue weighted by molar-refractivity contribution is 5.65. The van der Waals surface area contributed by atoms with E-state index in [1.165, 1.54) is 23.1 Å². The molecule has 0 bridgehead atoms. The van der Waals surface area contributed by atoms with E-state index in [2.05, 4.69) is 0 Å². The molecule has 1 amide bonds. The number of aromatic hydroxyl groups is 1. The first-order valence-electron chi connectivity index (χ1n) is 5.74. The molecule has 2 N–H and O–H groups in total. The number of hydrogen-bond acceptors (Lipinski definition) is 3. The second kappa shape index (κ2) is 5.22. The second-order valence-electron chi connectivity index (χ2n) is 4.32. The van der Waals surface area contributed by atoms with Gasteiger partial charge in [-0.1, -0.05) is 0 Å². The Kier molecular flexibility index (Phi) is 3.66. The lowest BCUT2D eigenvalue weighted by Gasteiger charge is -2.33. The normalized spacial score (nSPS) is 16.8. The smallest absolute Gasteiger partial charge is 0.407 e. The maximum Gasteiger partial charge on any atom is 0.407 e. The molecule has 1 fully saturated rings. The number of hydrogen-bond donors (Lipinski definition) is 2. The van der Waals surface area contributed by atoms with Crippen molar-refractivity contribution in [2.24, 2.45) is 0 Å². The largest absolute Gasteiger partial charge is 0.508 e. The summed E-state index contributed by atoms with van der Waals surface area (Å²) in [7, 11) is 0. The fourth-order valence-electron chi connectivity index (χ4n) is 2.02. The van der Waals surface area contributed by atoms with Crippen LogP contribution in [0.4, 0.5) is 9.18 Å². The Morgan fingerprint density at radius 1 is 1.28 bits per heavy atom. The SMILES string of the molecule is O=C(O)N1CCN(Cc2cc(F)ccc2O)CC1. The van der Waals surface area contributed by atoms with Gasteiger partial charge in [-0.05, 0) is 18.2 Å². The van der Waals surface area contributed by atoms with Gasteiger partial charge in [0.25, 0.3) is 0 Å². The van der Waals surface area contributed by atoms with Gasteiger partial charge >= 0.3 is 6.09 Å². The molecule has 1 saturated heterocycles. The number of phenolic OH excluding ortho intramolecular Hbond substituents is 1. The van der Waals surface area contributed by atoms with Crippen molar-refractivity contribution >= 4 is 6.09 Å². The minimum Gasteiger partial charge on any atom is -0.508 e. The molecule has 1 aliphatic heterocycles. The summed E-state index contributed by atoms with van der Waals surface area (Å²) >= 11 is 0. The summed E-state index contributed by atoms with van der Waals surface area (Å²) in [6.45, 7) is 2.47. The molecule has 2 rings (SSSR count). The number of nitrogens with zero attached hydrogens (tertiary/aromatic N) is 2. The van der Waals surface area contributed by atoms with Crippen molar-refractivity contribution in [3.63, 3.8) is 0 Å². The first kappa shape index (κ1) is 12.6. The molecule has 5 nitrogen and oxygen atoms in total. The maximum atomic E-state index is 13.1. The molecule has 0 saturated carbocycles. The van der Waals surface area contributed by atoms with E-state index >= 15 is 0 Å². The molecule has 1 heterocycles. The molecular formula is C12H15FN2O3. The fourth-order valence-corrected chi connectivity index (χ4v) is 2.02. The van der Waals surface area contributed by atoms with Crippen molar-refractivity contribution in [2.45, 2.75) is 6.54 Å². The van der Waals surface area contributed by atoms with Crippen molar-refractivity contribution in [1.82, 2.24) is 9.80 Å². The molecule has 1 aliphatic rings. The zero-order valence-electron chi connectivity index (χ0n) is 9.84. The monoisotopic (exact) mass is 254 g/mol. The molecule has 6 heteroatoms. The van der Waals surface area contributed by atoms with Gasteiger partial charge in [-0.2, -0.15) is 0 Å². The van der Waals surface area contributed by atoms with Gasteiger partial charge in [0.2, 0.25) is 0 Å². The molecule has 1 aromatic carbocycles. The Bertz CT molecular complexity index is 445. The van der Waals surface area contributed by atoms with Gasteiger partial charge in [-0.25, -0.2) is 9.18 Å². The van der Waals surface area contributed by atoms with Crippen LogP contribution in [-0.2, 0) is 6.54 Å². The third-order valence-corrected chi connectivity index (χ3v) is 3.08. The summed E-state index contributed by atoms with van der Waals surface area (Å²) in [6.07, 6.45) is -0.914. The number of piperazine rings is 1. The van der Waals surface area contributed by atoms with Crippen LogP contribution in [0.15, 0.2) is 18.2 Å². The minimum atomic E-state index is -0.914. The minimum absolute atomic E-state index is 0.0667. The molecule has 0 atom stereocenters. The molecule has 1 aromatic rings. The summed E-state index contributed by atoms with van der Waals surface area (Å²) in [5.41, 5.74) is 0.527. The van der Waals surface area contributed by atoms with Crippen LogP contribution in [-0.4, -0.2) is 52.3 Å². The number of carboxylic acid groups (broad SMARTS) is 1. The first-order chi connectivity index (χ1) is 8.56. The molecule has 0 aliphatic carbocycles. The van der Waals surface area contributed by atoms with Gasteiger partial charge in [0, 0.05) is 38.3 Å². The molecule has 0 unspecified atom stereocenters. The van der Waals surface area contributed by atoms with Gasteiger partial charge in [0.15, 0.2) is 0 Å². The zero-order valence-corrected chi connectivity index (χ0v) is 9.84. The Balaban J connectivity index is 1.95. The van der Waals surface area contributed by atoms with E-state index in [0.29, 0.717) is 38.3 Å².